The molecule has 1 aliphatic heterocycles. The Kier molecular flexibility index (Phi) is 5.30. The Balaban J connectivity index is 1.68. The molecule has 1 aliphatic carbocycles. The van der Waals surface area contributed by atoms with E-state index < -0.39 is 5.60 Å². The van der Waals surface area contributed by atoms with Gasteiger partial charge in [-0.1, -0.05) is 19.3 Å². The molecule has 116 valence electrons. The lowest BCUT2D eigenvalue weighted by Gasteiger charge is -2.25. The van der Waals surface area contributed by atoms with Crippen LogP contribution in [0.4, 0.5) is 4.79 Å². The van der Waals surface area contributed by atoms with Crippen LogP contribution in [0.15, 0.2) is 0 Å². The molecule has 4 heteroatoms. The van der Waals surface area contributed by atoms with Crippen molar-refractivity contribution in [2.75, 3.05) is 19.6 Å². The normalized spacial score (nSPS) is 24.9. The maximum absolute atomic E-state index is 12.0. The summed E-state index contributed by atoms with van der Waals surface area (Å²) in [5.41, 5.74) is -0.393. The van der Waals surface area contributed by atoms with E-state index in [1.54, 1.807) is 0 Å². The smallest absolute Gasteiger partial charge is 0.410 e. The zero-order valence-corrected chi connectivity index (χ0v) is 13.3. The van der Waals surface area contributed by atoms with Gasteiger partial charge in [0.05, 0.1) is 0 Å². The molecule has 1 amide bonds. The summed E-state index contributed by atoms with van der Waals surface area (Å²) in [6, 6.07) is 0.708. The molecule has 1 saturated heterocycles. The van der Waals surface area contributed by atoms with Crippen LogP contribution in [-0.2, 0) is 4.74 Å². The molecule has 2 aliphatic rings. The second-order valence-corrected chi connectivity index (χ2v) is 7.32. The van der Waals surface area contributed by atoms with E-state index >= 15 is 0 Å². The molecule has 1 unspecified atom stereocenters. The van der Waals surface area contributed by atoms with Crippen molar-refractivity contribution in [3.8, 4) is 0 Å². The van der Waals surface area contributed by atoms with Gasteiger partial charge in [-0.25, -0.2) is 4.79 Å². The van der Waals surface area contributed by atoms with E-state index in [0.29, 0.717) is 12.0 Å². The summed E-state index contributed by atoms with van der Waals surface area (Å²) in [5.74, 6) is 0.587. The van der Waals surface area contributed by atoms with Gasteiger partial charge in [-0.15, -0.1) is 0 Å². The van der Waals surface area contributed by atoms with Crippen LogP contribution in [0.25, 0.3) is 0 Å². The number of ether oxygens (including phenoxy) is 1. The van der Waals surface area contributed by atoms with Gasteiger partial charge >= 0.3 is 6.09 Å². The molecule has 1 atom stereocenters. The quantitative estimate of drug-likeness (QED) is 0.864. The molecular formula is C16H30N2O2. The molecule has 20 heavy (non-hydrogen) atoms. The van der Waals surface area contributed by atoms with E-state index in [-0.39, 0.29) is 6.09 Å². The lowest BCUT2D eigenvalue weighted by Crippen LogP contribution is -2.38. The third kappa shape index (κ3) is 4.97. The van der Waals surface area contributed by atoms with Gasteiger partial charge in [-0.3, -0.25) is 0 Å². The first-order valence-corrected chi connectivity index (χ1v) is 8.15. The fourth-order valence-corrected chi connectivity index (χ4v) is 3.13. The number of amides is 1. The number of rotatable bonds is 3. The van der Waals surface area contributed by atoms with Crippen molar-refractivity contribution in [2.45, 2.75) is 70.9 Å². The van der Waals surface area contributed by atoms with Gasteiger partial charge in [0.1, 0.15) is 5.60 Å². The molecule has 1 N–H and O–H groups in total. The van der Waals surface area contributed by atoms with E-state index in [1.165, 1.54) is 32.1 Å². The second kappa shape index (κ2) is 6.79. The molecule has 0 aromatic heterocycles. The van der Waals surface area contributed by atoms with Crippen molar-refractivity contribution in [3.63, 3.8) is 0 Å². The highest BCUT2D eigenvalue weighted by molar-refractivity contribution is 5.68. The lowest BCUT2D eigenvalue weighted by molar-refractivity contribution is 0.0288. The predicted octanol–water partition coefficient (Wildman–Crippen LogP) is 3.17. The van der Waals surface area contributed by atoms with E-state index in [2.05, 4.69) is 5.32 Å². The molecule has 4 nitrogen and oxygen atoms in total. The topological polar surface area (TPSA) is 41.6 Å². The summed E-state index contributed by atoms with van der Waals surface area (Å²) in [4.78, 5) is 13.9. The standard InChI is InChI=1S/C16H30N2O2/c1-16(2,3)20-15(19)18-10-9-13(12-18)11-17-14-7-5-4-6-8-14/h13-14,17H,4-12H2,1-3H3. The summed E-state index contributed by atoms with van der Waals surface area (Å²) in [7, 11) is 0. The molecule has 0 aromatic rings. The van der Waals surface area contributed by atoms with Crippen molar-refractivity contribution in [3.05, 3.63) is 0 Å². The summed E-state index contributed by atoms with van der Waals surface area (Å²) >= 11 is 0. The SMILES string of the molecule is CC(C)(C)OC(=O)N1CCC(CNC2CCCCC2)C1. The van der Waals surface area contributed by atoms with Gasteiger partial charge in [0, 0.05) is 19.1 Å². The summed E-state index contributed by atoms with van der Waals surface area (Å²) in [6.07, 6.45) is 7.72. The third-order valence-electron chi connectivity index (χ3n) is 4.24. The van der Waals surface area contributed by atoms with Crippen molar-refractivity contribution in [1.29, 1.82) is 0 Å². The highest BCUT2D eigenvalue weighted by atomic mass is 16.6. The minimum absolute atomic E-state index is 0.155. The van der Waals surface area contributed by atoms with Gasteiger partial charge in [-0.2, -0.15) is 0 Å². The van der Waals surface area contributed by atoms with E-state index in [9.17, 15) is 4.79 Å². The molecule has 1 saturated carbocycles. The van der Waals surface area contributed by atoms with Gasteiger partial charge in [-0.05, 0) is 52.5 Å². The zero-order valence-electron chi connectivity index (χ0n) is 13.3. The minimum Gasteiger partial charge on any atom is -0.444 e. The first-order chi connectivity index (χ1) is 9.44. The monoisotopic (exact) mass is 282 g/mol. The van der Waals surface area contributed by atoms with Crippen molar-refractivity contribution in [1.82, 2.24) is 10.2 Å². The van der Waals surface area contributed by atoms with Gasteiger partial charge < -0.3 is 15.0 Å². The van der Waals surface area contributed by atoms with Gasteiger partial charge in [0.25, 0.3) is 0 Å². The first kappa shape index (κ1) is 15.6. The Bertz CT molecular complexity index is 319. The Morgan fingerprint density at radius 1 is 1.20 bits per heavy atom. The largest absolute Gasteiger partial charge is 0.444 e. The number of nitrogens with one attached hydrogen (secondary N) is 1. The van der Waals surface area contributed by atoms with Crippen molar-refractivity contribution in [2.24, 2.45) is 5.92 Å². The van der Waals surface area contributed by atoms with Gasteiger partial charge in [0.15, 0.2) is 0 Å². The maximum Gasteiger partial charge on any atom is 0.410 e. The maximum atomic E-state index is 12.0. The van der Waals surface area contributed by atoms with Crippen LogP contribution in [0.1, 0.15) is 59.3 Å². The molecule has 2 rings (SSSR count). The molecule has 2 fully saturated rings. The van der Waals surface area contributed by atoms with E-state index in [4.69, 9.17) is 4.74 Å². The highest BCUT2D eigenvalue weighted by Crippen LogP contribution is 2.21. The summed E-state index contributed by atoms with van der Waals surface area (Å²) in [5, 5.41) is 3.69. The molecular weight excluding hydrogens is 252 g/mol. The Morgan fingerprint density at radius 3 is 2.55 bits per heavy atom. The van der Waals surface area contributed by atoms with Crippen LogP contribution in [0.3, 0.4) is 0 Å². The van der Waals surface area contributed by atoms with Crippen LogP contribution in [0, 0.1) is 5.92 Å². The Labute approximate surface area is 123 Å². The van der Waals surface area contributed by atoms with E-state index in [1.807, 2.05) is 25.7 Å². The Hall–Kier alpha value is -0.770. The average molecular weight is 282 g/mol. The lowest BCUT2D eigenvalue weighted by atomic mass is 9.95. The number of hydrogen-bond donors (Lipinski definition) is 1. The summed E-state index contributed by atoms with van der Waals surface area (Å²) in [6.45, 7) is 8.49. The number of likely N-dealkylation sites (tertiary alicyclic amines) is 1. The Morgan fingerprint density at radius 2 is 1.90 bits per heavy atom. The van der Waals surface area contributed by atoms with Crippen LogP contribution in [0.2, 0.25) is 0 Å². The fraction of sp³-hybridized carbons (Fsp3) is 0.938. The zero-order chi connectivity index (χ0) is 14.6. The number of carbonyl (C=O) groups is 1. The molecule has 1 heterocycles. The predicted molar refractivity (Wildman–Crippen MR) is 80.8 cm³/mol. The second-order valence-electron chi connectivity index (χ2n) is 7.32. The fourth-order valence-electron chi connectivity index (χ4n) is 3.13. The minimum atomic E-state index is -0.393. The molecule has 0 bridgehead atoms. The van der Waals surface area contributed by atoms with Gasteiger partial charge in [0.2, 0.25) is 0 Å². The van der Waals surface area contributed by atoms with Crippen LogP contribution < -0.4 is 5.32 Å². The van der Waals surface area contributed by atoms with Crippen LogP contribution in [0.5, 0.6) is 0 Å². The molecule has 0 radical (unpaired) electrons. The number of nitrogens with zero attached hydrogens (tertiary/aromatic N) is 1. The van der Waals surface area contributed by atoms with Crippen molar-refractivity contribution >= 4 is 6.09 Å². The van der Waals surface area contributed by atoms with Crippen molar-refractivity contribution < 1.29 is 9.53 Å². The molecule has 0 spiro atoms. The van der Waals surface area contributed by atoms with E-state index in [0.717, 1.165) is 26.1 Å². The number of carbonyl (C=O) groups excluding carboxylic acids is 1. The van der Waals surface area contributed by atoms with Crippen LogP contribution >= 0.6 is 0 Å². The third-order valence-corrected chi connectivity index (χ3v) is 4.24. The van der Waals surface area contributed by atoms with Crippen LogP contribution in [-0.4, -0.2) is 42.3 Å². The average Bonchev–Trinajstić information content (AvgIpc) is 2.84. The number of hydrogen-bond acceptors (Lipinski definition) is 3. The first-order valence-electron chi connectivity index (χ1n) is 8.15. The highest BCUT2D eigenvalue weighted by Gasteiger charge is 2.29. The summed E-state index contributed by atoms with van der Waals surface area (Å²) < 4.78 is 5.43. The molecule has 0 aromatic carbocycles.